The smallest absolute Gasteiger partial charge is 0.391 e. The van der Waals surface area contributed by atoms with E-state index >= 15 is 0 Å². The molecule has 0 fully saturated rings. The lowest BCUT2D eigenvalue weighted by molar-refractivity contribution is -0.160. The Balaban J connectivity index is 4.52. The third-order valence-corrected chi connectivity index (χ3v) is 2.98. The third kappa shape index (κ3) is 7.69. The summed E-state index contributed by atoms with van der Waals surface area (Å²) >= 11 is 0. The number of aliphatic carboxylic acids is 1. The molecule has 4 nitrogen and oxygen atoms in total. The molecule has 2 N–H and O–H groups in total. The van der Waals surface area contributed by atoms with Crippen LogP contribution in [0.25, 0.3) is 0 Å². The molecule has 7 heteroatoms. The molecule has 0 aliphatic carbocycles. The van der Waals surface area contributed by atoms with Crippen LogP contribution in [-0.4, -0.2) is 29.2 Å². The molecule has 0 heterocycles. The molecule has 0 aliphatic rings. The number of hydrogen-bond donors (Lipinski definition) is 2. The minimum Gasteiger partial charge on any atom is -0.480 e. The molecule has 2 atom stereocenters. The highest BCUT2D eigenvalue weighted by molar-refractivity contribution is 5.83. The first-order chi connectivity index (χ1) is 8.56. The van der Waals surface area contributed by atoms with E-state index in [1.165, 1.54) is 0 Å². The molecule has 0 aromatic carbocycles. The fourth-order valence-electron chi connectivity index (χ4n) is 1.77. The van der Waals surface area contributed by atoms with Gasteiger partial charge in [0, 0.05) is 6.42 Å². The Labute approximate surface area is 110 Å². The van der Waals surface area contributed by atoms with Crippen molar-refractivity contribution in [1.82, 2.24) is 5.32 Å². The van der Waals surface area contributed by atoms with Gasteiger partial charge in [0.2, 0.25) is 5.91 Å². The van der Waals surface area contributed by atoms with Crippen LogP contribution in [0.4, 0.5) is 13.2 Å². The summed E-state index contributed by atoms with van der Waals surface area (Å²) in [7, 11) is 0. The minimum atomic E-state index is -4.63. The van der Waals surface area contributed by atoms with Crippen molar-refractivity contribution in [3.63, 3.8) is 0 Å². The molecule has 0 bridgehead atoms. The Morgan fingerprint density at radius 3 is 2.11 bits per heavy atom. The van der Waals surface area contributed by atoms with Crippen molar-refractivity contribution >= 4 is 11.9 Å². The van der Waals surface area contributed by atoms with Gasteiger partial charge < -0.3 is 10.4 Å². The van der Waals surface area contributed by atoms with E-state index in [9.17, 15) is 22.8 Å². The van der Waals surface area contributed by atoms with Gasteiger partial charge in [-0.25, -0.2) is 4.79 Å². The second-order valence-corrected chi connectivity index (χ2v) is 4.89. The topological polar surface area (TPSA) is 66.4 Å². The van der Waals surface area contributed by atoms with Crippen molar-refractivity contribution < 1.29 is 27.9 Å². The standard InChI is InChI=1S/C12H20F3NO3/c1-4-8(7(2)3)5-10(17)16-9(11(18)19)6-12(13,14)15/h7-9H,4-6H2,1-3H3,(H,16,17)(H,18,19). The van der Waals surface area contributed by atoms with E-state index in [-0.39, 0.29) is 18.3 Å². The average Bonchev–Trinajstić information content (AvgIpc) is 2.22. The highest BCUT2D eigenvalue weighted by atomic mass is 19.4. The molecule has 0 aliphatic heterocycles. The van der Waals surface area contributed by atoms with Crippen LogP contribution in [0.1, 0.15) is 40.0 Å². The van der Waals surface area contributed by atoms with E-state index in [1.807, 2.05) is 26.1 Å². The first kappa shape index (κ1) is 17.7. The van der Waals surface area contributed by atoms with Gasteiger partial charge in [0.05, 0.1) is 6.42 Å². The minimum absolute atomic E-state index is 0.0281. The summed E-state index contributed by atoms with van der Waals surface area (Å²) in [6, 6.07) is -1.92. The van der Waals surface area contributed by atoms with Gasteiger partial charge in [-0.05, 0) is 11.8 Å². The van der Waals surface area contributed by atoms with E-state index in [1.54, 1.807) is 0 Å². The van der Waals surface area contributed by atoms with E-state index in [0.29, 0.717) is 6.42 Å². The highest BCUT2D eigenvalue weighted by Gasteiger charge is 2.36. The lowest BCUT2D eigenvalue weighted by Gasteiger charge is -2.21. The molecule has 0 rings (SSSR count). The fraction of sp³-hybridized carbons (Fsp3) is 0.833. The SMILES string of the molecule is CCC(CC(=O)NC(CC(F)(F)F)C(=O)O)C(C)C. The number of nitrogens with one attached hydrogen (secondary N) is 1. The van der Waals surface area contributed by atoms with Gasteiger partial charge in [0.25, 0.3) is 0 Å². The van der Waals surface area contributed by atoms with Gasteiger partial charge in [-0.3, -0.25) is 4.79 Å². The molecule has 19 heavy (non-hydrogen) atoms. The van der Waals surface area contributed by atoms with Gasteiger partial charge in [-0.1, -0.05) is 27.2 Å². The van der Waals surface area contributed by atoms with Crippen molar-refractivity contribution in [3.8, 4) is 0 Å². The summed E-state index contributed by atoms with van der Waals surface area (Å²) < 4.78 is 36.5. The molecular formula is C12H20F3NO3. The Kier molecular flexibility index (Phi) is 6.86. The predicted molar refractivity (Wildman–Crippen MR) is 63.5 cm³/mol. The molecule has 1 amide bonds. The van der Waals surface area contributed by atoms with Crippen LogP contribution in [0.5, 0.6) is 0 Å². The number of amides is 1. The van der Waals surface area contributed by atoms with Crippen LogP contribution in [0.3, 0.4) is 0 Å². The summed E-state index contributed by atoms with van der Waals surface area (Å²) in [6.45, 7) is 5.69. The van der Waals surface area contributed by atoms with Gasteiger partial charge in [-0.2, -0.15) is 13.2 Å². The van der Waals surface area contributed by atoms with Crippen LogP contribution in [0, 0.1) is 11.8 Å². The lowest BCUT2D eigenvalue weighted by Crippen LogP contribution is -2.44. The van der Waals surface area contributed by atoms with Crippen molar-refractivity contribution in [2.24, 2.45) is 11.8 Å². The Morgan fingerprint density at radius 1 is 1.26 bits per heavy atom. The summed E-state index contributed by atoms with van der Waals surface area (Å²) in [5.41, 5.74) is 0. The summed E-state index contributed by atoms with van der Waals surface area (Å²) in [4.78, 5) is 22.3. The first-order valence-corrected chi connectivity index (χ1v) is 6.15. The number of carboxylic acid groups (broad SMARTS) is 1. The zero-order valence-corrected chi connectivity index (χ0v) is 11.3. The van der Waals surface area contributed by atoms with Gasteiger partial charge in [-0.15, -0.1) is 0 Å². The third-order valence-electron chi connectivity index (χ3n) is 2.98. The summed E-state index contributed by atoms with van der Waals surface area (Å²) in [5, 5.41) is 10.6. The lowest BCUT2D eigenvalue weighted by atomic mass is 9.90. The number of carbonyl (C=O) groups excluding carboxylic acids is 1. The molecule has 0 spiro atoms. The Bertz CT molecular complexity index is 316. The van der Waals surface area contributed by atoms with Crippen molar-refractivity contribution in [1.29, 1.82) is 0 Å². The van der Waals surface area contributed by atoms with Crippen LogP contribution in [0.15, 0.2) is 0 Å². The van der Waals surface area contributed by atoms with Gasteiger partial charge in [0.1, 0.15) is 6.04 Å². The number of hydrogen-bond acceptors (Lipinski definition) is 2. The van der Waals surface area contributed by atoms with E-state index in [0.717, 1.165) is 0 Å². The highest BCUT2D eigenvalue weighted by Crippen LogP contribution is 2.22. The zero-order valence-electron chi connectivity index (χ0n) is 11.3. The number of carbonyl (C=O) groups is 2. The van der Waals surface area contributed by atoms with Crippen LogP contribution in [0.2, 0.25) is 0 Å². The van der Waals surface area contributed by atoms with Gasteiger partial charge in [0.15, 0.2) is 0 Å². The second kappa shape index (κ2) is 7.35. The number of rotatable bonds is 7. The maximum absolute atomic E-state index is 12.2. The van der Waals surface area contributed by atoms with Crippen LogP contribution < -0.4 is 5.32 Å². The largest absolute Gasteiger partial charge is 0.480 e. The maximum atomic E-state index is 12.2. The maximum Gasteiger partial charge on any atom is 0.391 e. The van der Waals surface area contributed by atoms with Crippen molar-refractivity contribution in [3.05, 3.63) is 0 Å². The second-order valence-electron chi connectivity index (χ2n) is 4.89. The van der Waals surface area contributed by atoms with Gasteiger partial charge >= 0.3 is 12.1 Å². The molecular weight excluding hydrogens is 263 g/mol. The van der Waals surface area contributed by atoms with Crippen molar-refractivity contribution in [2.75, 3.05) is 0 Å². The molecule has 0 aromatic rings. The first-order valence-electron chi connectivity index (χ1n) is 6.15. The normalized spacial score (nSPS) is 15.1. The Hall–Kier alpha value is -1.27. The number of carboxylic acids is 1. The fourth-order valence-corrected chi connectivity index (χ4v) is 1.77. The monoisotopic (exact) mass is 283 g/mol. The van der Waals surface area contributed by atoms with E-state index in [2.05, 4.69) is 0 Å². The van der Waals surface area contributed by atoms with Crippen molar-refractivity contribution in [2.45, 2.75) is 52.3 Å². The molecule has 112 valence electrons. The quantitative estimate of drug-likeness (QED) is 0.754. The van der Waals surface area contributed by atoms with Crippen LogP contribution in [-0.2, 0) is 9.59 Å². The molecule has 0 saturated carbocycles. The summed E-state index contributed by atoms with van der Waals surface area (Å²) in [6.07, 6.45) is -5.44. The molecule has 0 aromatic heterocycles. The zero-order chi connectivity index (χ0) is 15.2. The summed E-state index contributed by atoms with van der Waals surface area (Å²) in [5.74, 6) is -2.09. The number of alkyl halides is 3. The van der Waals surface area contributed by atoms with E-state index < -0.39 is 30.5 Å². The number of halogens is 3. The Morgan fingerprint density at radius 2 is 1.79 bits per heavy atom. The van der Waals surface area contributed by atoms with E-state index in [4.69, 9.17) is 5.11 Å². The molecule has 0 radical (unpaired) electrons. The predicted octanol–water partition coefficient (Wildman–Crippen LogP) is 2.58. The molecule has 2 unspecified atom stereocenters. The average molecular weight is 283 g/mol. The van der Waals surface area contributed by atoms with Crippen LogP contribution >= 0.6 is 0 Å². The molecule has 0 saturated heterocycles.